The van der Waals surface area contributed by atoms with Gasteiger partial charge in [0.25, 0.3) is 5.91 Å². The molecule has 0 aliphatic carbocycles. The van der Waals surface area contributed by atoms with Crippen LogP contribution in [0.4, 0.5) is 5.82 Å². The van der Waals surface area contributed by atoms with Gasteiger partial charge < -0.3 is 10.6 Å². The van der Waals surface area contributed by atoms with Gasteiger partial charge in [-0.25, -0.2) is 9.97 Å². The normalized spacial score (nSPS) is 11.2. The van der Waals surface area contributed by atoms with Crippen LogP contribution in [0.25, 0.3) is 0 Å². The van der Waals surface area contributed by atoms with Crippen molar-refractivity contribution in [2.45, 2.75) is 26.3 Å². The molecule has 2 N–H and O–H groups in total. The second-order valence-electron chi connectivity index (χ2n) is 5.00. The van der Waals surface area contributed by atoms with Gasteiger partial charge in [0.05, 0.1) is 11.1 Å². The first-order chi connectivity index (χ1) is 9.94. The fraction of sp³-hybridized carbons (Fsp3) is 0.357. The number of hydrogen-bond donors (Lipinski definition) is 2. The van der Waals surface area contributed by atoms with Crippen molar-refractivity contribution < 1.29 is 4.79 Å². The van der Waals surface area contributed by atoms with Gasteiger partial charge in [-0.1, -0.05) is 0 Å². The first-order valence-electron chi connectivity index (χ1n) is 6.56. The second-order valence-corrected chi connectivity index (χ2v) is 6.81. The molecule has 0 aromatic carbocycles. The molecule has 0 radical (unpaired) electrons. The number of hydrogen-bond acceptors (Lipinski definition) is 5. The van der Waals surface area contributed by atoms with E-state index < -0.39 is 5.54 Å². The third-order valence-corrected chi connectivity index (χ3v) is 4.37. The maximum atomic E-state index is 12.6. The predicted molar refractivity (Wildman–Crippen MR) is 88.7 cm³/mol. The molecule has 7 heteroatoms. The van der Waals surface area contributed by atoms with Crippen molar-refractivity contribution in [3.63, 3.8) is 0 Å². The van der Waals surface area contributed by atoms with Crippen LogP contribution >= 0.6 is 27.3 Å². The van der Waals surface area contributed by atoms with E-state index in [1.165, 1.54) is 11.3 Å². The molecule has 21 heavy (non-hydrogen) atoms. The Morgan fingerprint density at radius 3 is 2.81 bits per heavy atom. The highest BCUT2D eigenvalue weighted by Crippen LogP contribution is 2.24. The number of anilines is 1. The number of amides is 1. The van der Waals surface area contributed by atoms with Crippen molar-refractivity contribution in [1.29, 1.82) is 0 Å². The monoisotopic (exact) mass is 368 g/mol. The summed E-state index contributed by atoms with van der Waals surface area (Å²) in [7, 11) is 0. The summed E-state index contributed by atoms with van der Waals surface area (Å²) in [4.78, 5) is 21.1. The third kappa shape index (κ3) is 3.79. The van der Waals surface area contributed by atoms with Gasteiger partial charge in [-0.15, -0.1) is 11.3 Å². The molecular formula is C14H17BrN4OS. The van der Waals surface area contributed by atoms with Crippen molar-refractivity contribution in [3.8, 4) is 0 Å². The van der Waals surface area contributed by atoms with Crippen LogP contribution in [0, 0.1) is 0 Å². The number of carbonyl (C=O) groups excluding carboxylic acids is 1. The molecule has 1 amide bonds. The molecule has 0 aliphatic heterocycles. The second kappa shape index (κ2) is 6.53. The van der Waals surface area contributed by atoms with Crippen molar-refractivity contribution >= 4 is 39.0 Å². The van der Waals surface area contributed by atoms with Gasteiger partial charge in [-0.3, -0.25) is 4.79 Å². The minimum absolute atomic E-state index is 0.181. The van der Waals surface area contributed by atoms with Gasteiger partial charge in [0.2, 0.25) is 0 Å². The van der Waals surface area contributed by atoms with Crippen LogP contribution < -0.4 is 10.6 Å². The maximum Gasteiger partial charge on any atom is 0.255 e. The van der Waals surface area contributed by atoms with Gasteiger partial charge in [-0.2, -0.15) is 0 Å². The number of nitrogens with zero attached hydrogens (tertiary/aromatic N) is 2. The first-order valence-corrected chi connectivity index (χ1v) is 8.23. The summed E-state index contributed by atoms with van der Waals surface area (Å²) in [5, 5.41) is 8.87. The van der Waals surface area contributed by atoms with E-state index in [-0.39, 0.29) is 5.91 Å². The van der Waals surface area contributed by atoms with E-state index in [1.807, 2.05) is 26.2 Å². The molecule has 0 unspecified atom stereocenters. The maximum absolute atomic E-state index is 12.6. The number of carbonyl (C=O) groups is 1. The molecule has 0 atom stereocenters. The van der Waals surface area contributed by atoms with Crippen LogP contribution in [-0.4, -0.2) is 22.4 Å². The Labute approximate surface area is 136 Å². The molecule has 2 aromatic heterocycles. The highest BCUT2D eigenvalue weighted by atomic mass is 79.9. The molecule has 0 aliphatic rings. The average Bonchev–Trinajstić information content (AvgIpc) is 2.95. The Morgan fingerprint density at radius 1 is 1.43 bits per heavy atom. The van der Waals surface area contributed by atoms with Gasteiger partial charge >= 0.3 is 0 Å². The minimum atomic E-state index is -0.531. The largest absolute Gasteiger partial charge is 0.370 e. The molecule has 2 heterocycles. The Hall–Kier alpha value is -1.47. The van der Waals surface area contributed by atoms with Crippen LogP contribution in [0.15, 0.2) is 28.3 Å². The Morgan fingerprint density at radius 2 is 2.19 bits per heavy atom. The van der Waals surface area contributed by atoms with Crippen molar-refractivity contribution in [3.05, 3.63) is 38.9 Å². The lowest BCUT2D eigenvalue weighted by molar-refractivity contribution is 0.0912. The predicted octanol–water partition coefficient (Wildman–Crippen LogP) is 3.40. The average molecular weight is 369 g/mol. The van der Waals surface area contributed by atoms with Gasteiger partial charge in [0.1, 0.15) is 10.8 Å². The zero-order valence-electron chi connectivity index (χ0n) is 12.1. The van der Waals surface area contributed by atoms with E-state index in [2.05, 4.69) is 36.5 Å². The van der Waals surface area contributed by atoms with Gasteiger partial charge in [-0.05, 0) is 42.8 Å². The Balaban J connectivity index is 2.26. The van der Waals surface area contributed by atoms with E-state index in [0.717, 1.165) is 9.48 Å². The van der Waals surface area contributed by atoms with E-state index >= 15 is 0 Å². The van der Waals surface area contributed by atoms with Crippen LogP contribution in [0.2, 0.25) is 0 Å². The zero-order chi connectivity index (χ0) is 15.5. The molecule has 0 saturated heterocycles. The van der Waals surface area contributed by atoms with E-state index in [4.69, 9.17) is 0 Å². The van der Waals surface area contributed by atoms with Crippen molar-refractivity contribution in [1.82, 2.24) is 15.3 Å². The summed E-state index contributed by atoms with van der Waals surface area (Å²) in [6.07, 6.45) is 3.40. The summed E-state index contributed by atoms with van der Waals surface area (Å²) < 4.78 is 0.765. The SMILES string of the molecule is CCNc1ncc(Br)cc1C(=O)NC(C)(C)c1nccs1. The van der Waals surface area contributed by atoms with Crippen LogP contribution in [0.5, 0.6) is 0 Å². The first kappa shape index (κ1) is 15.9. The minimum Gasteiger partial charge on any atom is -0.370 e. The van der Waals surface area contributed by atoms with Crippen molar-refractivity contribution in [2.24, 2.45) is 0 Å². The number of halogens is 1. The number of rotatable bonds is 5. The molecular weight excluding hydrogens is 352 g/mol. The smallest absolute Gasteiger partial charge is 0.255 e. The molecule has 112 valence electrons. The number of thiazole rings is 1. The van der Waals surface area contributed by atoms with E-state index in [0.29, 0.717) is 17.9 Å². The van der Waals surface area contributed by atoms with Crippen LogP contribution in [-0.2, 0) is 5.54 Å². The fourth-order valence-corrected chi connectivity index (χ4v) is 2.91. The van der Waals surface area contributed by atoms with E-state index in [9.17, 15) is 4.79 Å². The lowest BCUT2D eigenvalue weighted by atomic mass is 10.1. The summed E-state index contributed by atoms with van der Waals surface area (Å²) >= 11 is 4.87. The lowest BCUT2D eigenvalue weighted by Crippen LogP contribution is -2.41. The summed E-state index contributed by atoms with van der Waals surface area (Å²) in [5.74, 6) is 0.396. The van der Waals surface area contributed by atoms with Crippen LogP contribution in [0.1, 0.15) is 36.1 Å². The standard InChI is InChI=1S/C14H17BrN4OS/c1-4-16-11-10(7-9(15)8-18-11)12(20)19-14(2,3)13-17-5-6-21-13/h5-8H,4H2,1-3H3,(H,16,18)(H,19,20). The topological polar surface area (TPSA) is 66.9 Å². The molecule has 2 aromatic rings. The highest BCUT2D eigenvalue weighted by Gasteiger charge is 2.27. The fourth-order valence-electron chi connectivity index (χ4n) is 1.86. The molecule has 0 spiro atoms. The molecule has 0 fully saturated rings. The number of nitrogens with one attached hydrogen (secondary N) is 2. The van der Waals surface area contributed by atoms with Gasteiger partial charge in [0.15, 0.2) is 0 Å². The van der Waals surface area contributed by atoms with Crippen LogP contribution in [0.3, 0.4) is 0 Å². The van der Waals surface area contributed by atoms with Crippen molar-refractivity contribution in [2.75, 3.05) is 11.9 Å². The van der Waals surface area contributed by atoms with Gasteiger partial charge in [0, 0.05) is 28.8 Å². The quantitative estimate of drug-likeness (QED) is 0.848. The summed E-state index contributed by atoms with van der Waals surface area (Å²) in [5.41, 5.74) is -0.0207. The lowest BCUT2D eigenvalue weighted by Gasteiger charge is -2.24. The molecule has 2 rings (SSSR count). The number of aromatic nitrogens is 2. The number of pyridine rings is 1. The summed E-state index contributed by atoms with van der Waals surface area (Å²) in [6, 6.07) is 1.76. The van der Waals surface area contributed by atoms with E-state index in [1.54, 1.807) is 18.5 Å². The zero-order valence-corrected chi connectivity index (χ0v) is 14.5. The highest BCUT2D eigenvalue weighted by molar-refractivity contribution is 9.10. The molecule has 0 saturated carbocycles. The Bertz CT molecular complexity index is 628. The molecule has 0 bridgehead atoms. The summed E-state index contributed by atoms with van der Waals surface area (Å²) in [6.45, 7) is 6.53. The Kier molecular flexibility index (Phi) is 4.95. The third-order valence-electron chi connectivity index (χ3n) is 2.84. The molecule has 5 nitrogen and oxygen atoms in total.